The third-order valence-corrected chi connectivity index (χ3v) is 7.08. The Morgan fingerprint density at radius 3 is 2.36 bits per heavy atom. The van der Waals surface area contributed by atoms with Crippen LogP contribution in [0.15, 0.2) is 94.4 Å². The highest BCUT2D eigenvalue weighted by Gasteiger charge is 2.14. The van der Waals surface area contributed by atoms with E-state index in [1.54, 1.807) is 36.4 Å². The number of non-ortho nitro benzene ring substituents is 1. The molecule has 0 bridgehead atoms. The van der Waals surface area contributed by atoms with Crippen molar-refractivity contribution in [2.75, 3.05) is 7.11 Å². The summed E-state index contributed by atoms with van der Waals surface area (Å²) in [5.74, 6) is 1.32. The Bertz CT molecular complexity index is 1820. The molecule has 1 amide bonds. The van der Waals surface area contributed by atoms with E-state index in [2.05, 4.69) is 41.1 Å². The number of halogens is 1. The molecule has 0 saturated carbocycles. The normalized spacial score (nSPS) is 11.0. The van der Waals surface area contributed by atoms with E-state index in [-0.39, 0.29) is 29.7 Å². The Hall–Kier alpha value is -5.55. The Morgan fingerprint density at radius 2 is 1.69 bits per heavy atom. The number of benzene rings is 3. The van der Waals surface area contributed by atoms with Gasteiger partial charge >= 0.3 is 5.91 Å². The van der Waals surface area contributed by atoms with Crippen molar-refractivity contribution in [1.82, 2.24) is 9.99 Å². The lowest BCUT2D eigenvalue weighted by Gasteiger charge is -2.13. The maximum atomic E-state index is 12.6. The first kappa shape index (κ1) is 30.9. The van der Waals surface area contributed by atoms with Gasteiger partial charge in [-0.3, -0.25) is 14.9 Å². The first-order valence-corrected chi connectivity index (χ1v) is 14.1. The Labute approximate surface area is 263 Å². The predicted molar refractivity (Wildman–Crippen MR) is 169 cm³/mol. The Morgan fingerprint density at radius 1 is 0.978 bits per heavy atom. The molecule has 5 rings (SSSR count). The lowest BCUT2D eigenvalue weighted by molar-refractivity contribution is -0.384. The number of furan rings is 1. The number of aromatic nitrogens is 1. The maximum Gasteiger partial charge on any atom is 0.307 e. The molecule has 11 nitrogen and oxygen atoms in total. The van der Waals surface area contributed by atoms with Gasteiger partial charge in [-0.05, 0) is 97.8 Å². The van der Waals surface area contributed by atoms with Gasteiger partial charge in [0.25, 0.3) is 5.69 Å². The molecular weight excluding hydrogens is 600 g/mol. The van der Waals surface area contributed by atoms with Gasteiger partial charge in [-0.25, -0.2) is 5.43 Å². The Kier molecular flexibility index (Phi) is 9.49. The van der Waals surface area contributed by atoms with Gasteiger partial charge in [0.15, 0.2) is 17.3 Å². The van der Waals surface area contributed by atoms with Crippen molar-refractivity contribution in [2.45, 2.75) is 27.1 Å². The molecule has 2 aromatic heterocycles. The number of methoxy groups -OCH3 is 1. The zero-order valence-electron chi connectivity index (χ0n) is 24.7. The number of hydrazone groups is 1. The van der Waals surface area contributed by atoms with E-state index in [0.29, 0.717) is 34.1 Å². The minimum absolute atomic E-state index is 0.0115. The van der Waals surface area contributed by atoms with Crippen LogP contribution in [-0.4, -0.2) is 28.7 Å². The topological polar surface area (TPSA) is 130 Å². The zero-order chi connectivity index (χ0) is 31.9. The molecule has 45 heavy (non-hydrogen) atoms. The van der Waals surface area contributed by atoms with E-state index >= 15 is 0 Å². The number of amides is 1. The van der Waals surface area contributed by atoms with Gasteiger partial charge in [-0.1, -0.05) is 11.6 Å². The van der Waals surface area contributed by atoms with Crippen LogP contribution in [0.5, 0.6) is 17.2 Å². The van der Waals surface area contributed by atoms with Crippen LogP contribution in [0.25, 0.3) is 5.69 Å². The predicted octanol–water partition coefficient (Wildman–Crippen LogP) is 7.18. The van der Waals surface area contributed by atoms with Crippen molar-refractivity contribution < 1.29 is 28.3 Å². The third-order valence-electron chi connectivity index (χ3n) is 6.79. The van der Waals surface area contributed by atoms with E-state index < -0.39 is 10.8 Å². The molecular formula is C33H29ClN4O7. The van der Waals surface area contributed by atoms with Crippen LogP contribution in [0.2, 0.25) is 5.02 Å². The molecule has 3 aromatic carbocycles. The van der Waals surface area contributed by atoms with E-state index in [1.165, 1.54) is 25.5 Å². The number of nitrogens with one attached hydrogen (secondary N) is 1. The lowest BCUT2D eigenvalue weighted by Crippen LogP contribution is -2.16. The average molecular weight is 629 g/mol. The number of nitrogens with zero attached hydrogens (tertiary/aromatic N) is 3. The van der Waals surface area contributed by atoms with Crippen LogP contribution < -0.4 is 19.6 Å². The molecule has 0 spiro atoms. The molecule has 5 aromatic rings. The fourth-order valence-electron chi connectivity index (χ4n) is 4.54. The first-order chi connectivity index (χ1) is 21.7. The first-order valence-electron chi connectivity index (χ1n) is 13.8. The minimum Gasteiger partial charge on any atom is -0.493 e. The lowest BCUT2D eigenvalue weighted by atomic mass is 10.2. The van der Waals surface area contributed by atoms with Crippen LogP contribution in [0, 0.1) is 24.0 Å². The third kappa shape index (κ3) is 7.51. The van der Waals surface area contributed by atoms with Crippen molar-refractivity contribution in [2.24, 2.45) is 5.10 Å². The SMILES string of the molecule is COc1cc(/C=N/NC(=O)c2ccc(COc3ccc(-n4c(C)ccc4C)cc3)o2)cc(Cl)c1OCc1ccc([N+](=O)[O-])cc1. The van der Waals surface area contributed by atoms with Gasteiger partial charge in [0.1, 0.15) is 24.7 Å². The second-order valence-electron chi connectivity index (χ2n) is 9.95. The number of carbonyl (C=O) groups is 1. The smallest absolute Gasteiger partial charge is 0.307 e. The number of ether oxygens (including phenoxy) is 3. The van der Waals surface area contributed by atoms with Crippen molar-refractivity contribution in [3.05, 3.63) is 134 Å². The Balaban J connectivity index is 1.14. The van der Waals surface area contributed by atoms with Crippen molar-refractivity contribution in [1.29, 1.82) is 0 Å². The van der Waals surface area contributed by atoms with Crippen molar-refractivity contribution >= 4 is 29.4 Å². The van der Waals surface area contributed by atoms with Gasteiger partial charge in [-0.2, -0.15) is 5.10 Å². The quantitative estimate of drug-likeness (QED) is 0.0879. The molecule has 1 N–H and O–H groups in total. The fourth-order valence-corrected chi connectivity index (χ4v) is 4.82. The van der Waals surface area contributed by atoms with Crippen molar-refractivity contribution in [3.8, 4) is 22.9 Å². The number of nitro benzene ring substituents is 1. The molecule has 0 aliphatic rings. The summed E-state index contributed by atoms with van der Waals surface area (Å²) < 4.78 is 24.9. The van der Waals surface area contributed by atoms with E-state index in [9.17, 15) is 14.9 Å². The molecule has 230 valence electrons. The average Bonchev–Trinajstić information content (AvgIpc) is 3.65. The summed E-state index contributed by atoms with van der Waals surface area (Å²) in [6.45, 7) is 4.38. The highest BCUT2D eigenvalue weighted by molar-refractivity contribution is 6.32. The van der Waals surface area contributed by atoms with Crippen LogP contribution in [-0.2, 0) is 13.2 Å². The summed E-state index contributed by atoms with van der Waals surface area (Å²) in [6, 6.07) is 24.3. The summed E-state index contributed by atoms with van der Waals surface area (Å²) >= 11 is 6.43. The van der Waals surface area contributed by atoms with Gasteiger partial charge in [0.05, 0.1) is 23.3 Å². The second kappa shape index (κ2) is 13.8. The van der Waals surface area contributed by atoms with Crippen LogP contribution in [0.4, 0.5) is 5.69 Å². The molecule has 0 aliphatic carbocycles. The van der Waals surface area contributed by atoms with Gasteiger partial charge in [-0.15, -0.1) is 0 Å². The van der Waals surface area contributed by atoms with Gasteiger partial charge in [0.2, 0.25) is 0 Å². The number of carbonyl (C=O) groups excluding carboxylic acids is 1. The molecule has 0 fully saturated rings. The summed E-state index contributed by atoms with van der Waals surface area (Å²) in [7, 11) is 1.46. The highest BCUT2D eigenvalue weighted by Crippen LogP contribution is 2.36. The van der Waals surface area contributed by atoms with E-state index in [0.717, 1.165) is 17.1 Å². The number of hydrogen-bond acceptors (Lipinski definition) is 8. The van der Waals surface area contributed by atoms with Crippen LogP contribution >= 0.6 is 11.6 Å². The molecule has 0 unspecified atom stereocenters. The van der Waals surface area contributed by atoms with Gasteiger partial charge < -0.3 is 23.2 Å². The molecule has 0 aliphatic heterocycles. The number of hydrogen-bond donors (Lipinski definition) is 1. The number of nitro groups is 1. The monoisotopic (exact) mass is 628 g/mol. The van der Waals surface area contributed by atoms with Crippen LogP contribution in [0.1, 0.15) is 38.8 Å². The maximum absolute atomic E-state index is 12.6. The summed E-state index contributed by atoms with van der Waals surface area (Å²) in [6.07, 6.45) is 1.40. The summed E-state index contributed by atoms with van der Waals surface area (Å²) in [4.78, 5) is 23.0. The highest BCUT2D eigenvalue weighted by atomic mass is 35.5. The minimum atomic E-state index is -0.541. The van der Waals surface area contributed by atoms with Crippen LogP contribution in [0.3, 0.4) is 0 Å². The molecule has 2 heterocycles. The zero-order valence-corrected chi connectivity index (χ0v) is 25.4. The molecule has 0 radical (unpaired) electrons. The fraction of sp³-hybridized carbons (Fsp3) is 0.152. The van der Waals surface area contributed by atoms with E-state index in [1.807, 2.05) is 24.3 Å². The molecule has 0 saturated heterocycles. The largest absolute Gasteiger partial charge is 0.493 e. The standard InChI is InChI=1S/C33H29ClN4O7/c1-21-4-5-22(2)37(21)25-10-12-27(13-11-25)43-20-28-14-15-30(45-28)33(39)36-35-18-24-16-29(34)32(31(17-24)42-3)44-19-23-6-8-26(9-7-23)38(40)41/h4-18H,19-20H2,1-3H3,(H,36,39)/b35-18+. The van der Waals surface area contributed by atoms with Crippen molar-refractivity contribution in [3.63, 3.8) is 0 Å². The second-order valence-corrected chi connectivity index (χ2v) is 10.4. The number of aryl methyl sites for hydroxylation is 2. The number of rotatable bonds is 12. The van der Waals surface area contributed by atoms with Gasteiger partial charge in [0, 0.05) is 29.2 Å². The summed E-state index contributed by atoms with van der Waals surface area (Å²) in [5.41, 5.74) is 7.02. The summed E-state index contributed by atoms with van der Waals surface area (Å²) in [5, 5.41) is 15.1. The van der Waals surface area contributed by atoms with E-state index in [4.69, 9.17) is 30.2 Å². The molecule has 0 atom stereocenters. The molecule has 12 heteroatoms.